The first-order valence-electron chi connectivity index (χ1n) is 5.13. The molecular formula is C11H9BrN4O2S. The van der Waals surface area contributed by atoms with Gasteiger partial charge < -0.3 is 0 Å². The minimum absolute atomic E-state index is 0.0394. The summed E-state index contributed by atoms with van der Waals surface area (Å²) in [6.07, 6.45) is 0. The van der Waals surface area contributed by atoms with Crippen LogP contribution in [0.15, 0.2) is 33.8 Å². The second-order valence-corrected chi connectivity index (χ2v) is 6.21. The first-order chi connectivity index (χ1) is 8.84. The van der Waals surface area contributed by atoms with E-state index >= 15 is 0 Å². The fraction of sp³-hybridized carbons (Fsp3) is 0.0909. The zero-order valence-corrected chi connectivity index (χ0v) is 12.2. The average Bonchev–Trinajstić information content (AvgIpc) is 2.66. The summed E-state index contributed by atoms with van der Waals surface area (Å²) in [7, 11) is -4.05. The minimum atomic E-state index is -4.05. The maximum Gasteiger partial charge on any atom is 0.257 e. The molecule has 0 radical (unpaired) electrons. The Balaban J connectivity index is 2.83. The molecule has 0 aliphatic heterocycles. The summed E-state index contributed by atoms with van der Waals surface area (Å²) in [6.45, 7) is 1.56. The molecular weight excluding hydrogens is 332 g/mol. The first-order valence-corrected chi connectivity index (χ1v) is 7.47. The molecule has 2 rings (SSSR count). The quantitative estimate of drug-likeness (QED) is 0.893. The SMILES string of the molecule is Cc1nn(-c2cccc(Br)c2)c(S(N)(=O)=O)c1C#N. The van der Waals surface area contributed by atoms with Crippen LogP contribution in [0.5, 0.6) is 0 Å². The Kier molecular flexibility index (Phi) is 3.45. The fourth-order valence-corrected chi connectivity index (χ4v) is 2.93. The molecule has 0 saturated heterocycles. The number of nitriles is 1. The molecule has 8 heteroatoms. The van der Waals surface area contributed by atoms with E-state index in [4.69, 9.17) is 10.4 Å². The van der Waals surface area contributed by atoms with E-state index in [0.717, 1.165) is 9.15 Å². The van der Waals surface area contributed by atoms with E-state index in [2.05, 4.69) is 21.0 Å². The lowest BCUT2D eigenvalue weighted by atomic mass is 10.3. The van der Waals surface area contributed by atoms with Crippen molar-refractivity contribution < 1.29 is 8.42 Å². The van der Waals surface area contributed by atoms with Gasteiger partial charge in [0, 0.05) is 4.47 Å². The molecule has 0 unspecified atom stereocenters. The van der Waals surface area contributed by atoms with Crippen molar-refractivity contribution in [1.82, 2.24) is 9.78 Å². The van der Waals surface area contributed by atoms with Crippen molar-refractivity contribution in [2.75, 3.05) is 0 Å². The highest BCUT2D eigenvalue weighted by Crippen LogP contribution is 2.23. The predicted octanol–water partition coefficient (Wildman–Crippen LogP) is 1.46. The standard InChI is InChI=1S/C11H9BrN4O2S/c1-7-10(6-13)11(19(14,17)18)16(15-7)9-4-2-3-8(12)5-9/h2-5H,1H3,(H2,14,17,18). The Morgan fingerprint density at radius 1 is 1.47 bits per heavy atom. The molecule has 2 N–H and O–H groups in total. The molecule has 0 aliphatic carbocycles. The van der Waals surface area contributed by atoms with E-state index < -0.39 is 10.0 Å². The Hall–Kier alpha value is -1.69. The van der Waals surface area contributed by atoms with Crippen molar-refractivity contribution in [1.29, 1.82) is 5.26 Å². The molecule has 0 saturated carbocycles. The largest absolute Gasteiger partial charge is 0.257 e. The first kappa shape index (κ1) is 13.7. The summed E-state index contributed by atoms with van der Waals surface area (Å²) >= 11 is 3.29. The number of primary sulfonamides is 1. The molecule has 0 fully saturated rings. The van der Waals surface area contributed by atoms with Crippen LogP contribution in [0.4, 0.5) is 0 Å². The van der Waals surface area contributed by atoms with Crippen molar-refractivity contribution in [2.45, 2.75) is 11.9 Å². The van der Waals surface area contributed by atoms with E-state index in [0.29, 0.717) is 11.4 Å². The van der Waals surface area contributed by atoms with Gasteiger partial charge in [0.05, 0.1) is 11.4 Å². The van der Waals surface area contributed by atoms with Crippen molar-refractivity contribution in [3.8, 4) is 11.8 Å². The van der Waals surface area contributed by atoms with Crippen LogP contribution in [0.2, 0.25) is 0 Å². The van der Waals surface area contributed by atoms with Crippen LogP contribution in [-0.4, -0.2) is 18.2 Å². The number of halogens is 1. The van der Waals surface area contributed by atoms with Gasteiger partial charge in [0.2, 0.25) is 0 Å². The number of sulfonamides is 1. The van der Waals surface area contributed by atoms with Crippen molar-refractivity contribution in [3.63, 3.8) is 0 Å². The number of rotatable bonds is 2. The van der Waals surface area contributed by atoms with Gasteiger partial charge >= 0.3 is 0 Å². The highest BCUT2D eigenvalue weighted by molar-refractivity contribution is 9.10. The minimum Gasteiger partial charge on any atom is -0.223 e. The van der Waals surface area contributed by atoms with Gasteiger partial charge in [0.15, 0.2) is 5.03 Å². The lowest BCUT2D eigenvalue weighted by molar-refractivity contribution is 0.587. The van der Waals surface area contributed by atoms with Crippen LogP contribution in [0.25, 0.3) is 5.69 Å². The molecule has 19 heavy (non-hydrogen) atoms. The smallest absolute Gasteiger partial charge is 0.223 e. The van der Waals surface area contributed by atoms with Gasteiger partial charge in [-0.15, -0.1) is 0 Å². The van der Waals surface area contributed by atoms with Gasteiger partial charge in [0.25, 0.3) is 10.0 Å². The maximum absolute atomic E-state index is 11.7. The van der Waals surface area contributed by atoms with Gasteiger partial charge in [0.1, 0.15) is 11.6 Å². The van der Waals surface area contributed by atoms with Crippen LogP contribution in [-0.2, 0) is 10.0 Å². The Morgan fingerprint density at radius 3 is 2.68 bits per heavy atom. The zero-order chi connectivity index (χ0) is 14.2. The number of aromatic nitrogens is 2. The third kappa shape index (κ3) is 2.53. The molecule has 98 valence electrons. The second-order valence-electron chi connectivity index (χ2n) is 3.81. The second kappa shape index (κ2) is 4.77. The fourth-order valence-electron chi connectivity index (χ4n) is 1.68. The number of benzene rings is 1. The van der Waals surface area contributed by atoms with E-state index in [-0.39, 0.29) is 10.6 Å². The van der Waals surface area contributed by atoms with Crippen LogP contribution in [0.1, 0.15) is 11.3 Å². The summed E-state index contributed by atoms with van der Waals surface area (Å²) in [5.74, 6) is 0. The number of nitrogens with two attached hydrogens (primary N) is 1. The molecule has 0 atom stereocenters. The van der Waals surface area contributed by atoms with Gasteiger partial charge in [-0.3, -0.25) is 0 Å². The van der Waals surface area contributed by atoms with Gasteiger partial charge in [-0.2, -0.15) is 10.4 Å². The van der Waals surface area contributed by atoms with Crippen molar-refractivity contribution >= 4 is 26.0 Å². The van der Waals surface area contributed by atoms with Gasteiger partial charge in [-0.1, -0.05) is 22.0 Å². The Morgan fingerprint density at radius 2 is 2.16 bits per heavy atom. The zero-order valence-electron chi connectivity index (χ0n) is 9.83. The van der Waals surface area contributed by atoms with E-state index in [1.165, 1.54) is 0 Å². The van der Waals surface area contributed by atoms with Crippen LogP contribution in [0, 0.1) is 18.3 Å². The number of nitrogens with zero attached hydrogens (tertiary/aromatic N) is 3. The molecule has 0 amide bonds. The van der Waals surface area contributed by atoms with Crippen LogP contribution >= 0.6 is 15.9 Å². The summed E-state index contributed by atoms with van der Waals surface area (Å²) in [5, 5.41) is 18.0. The Labute approximate surface area is 118 Å². The molecule has 0 bridgehead atoms. The van der Waals surface area contributed by atoms with Gasteiger partial charge in [-0.25, -0.2) is 18.2 Å². The van der Waals surface area contributed by atoms with Crippen molar-refractivity contribution in [3.05, 3.63) is 40.0 Å². The summed E-state index contributed by atoms with van der Waals surface area (Å²) < 4.78 is 25.2. The molecule has 0 aliphatic rings. The topological polar surface area (TPSA) is 102 Å². The molecule has 1 aromatic carbocycles. The number of hydrogen-bond donors (Lipinski definition) is 1. The summed E-state index contributed by atoms with van der Waals surface area (Å²) in [4.78, 5) is 0. The lowest BCUT2D eigenvalue weighted by Gasteiger charge is -2.06. The molecule has 1 aromatic heterocycles. The summed E-state index contributed by atoms with van der Waals surface area (Å²) in [5.41, 5.74) is 0.775. The molecule has 2 aromatic rings. The third-order valence-electron chi connectivity index (χ3n) is 2.45. The lowest BCUT2D eigenvalue weighted by Crippen LogP contribution is -2.18. The molecule has 0 spiro atoms. The van der Waals surface area contributed by atoms with E-state index in [1.807, 2.05) is 6.07 Å². The highest BCUT2D eigenvalue weighted by Gasteiger charge is 2.25. The third-order valence-corrected chi connectivity index (χ3v) is 3.86. The Bertz CT molecular complexity index is 790. The maximum atomic E-state index is 11.7. The highest BCUT2D eigenvalue weighted by atomic mass is 79.9. The molecule has 1 heterocycles. The van der Waals surface area contributed by atoms with E-state index in [9.17, 15) is 8.42 Å². The van der Waals surface area contributed by atoms with E-state index in [1.54, 1.807) is 31.2 Å². The van der Waals surface area contributed by atoms with Gasteiger partial charge in [-0.05, 0) is 25.1 Å². The van der Waals surface area contributed by atoms with Crippen LogP contribution in [0.3, 0.4) is 0 Å². The monoisotopic (exact) mass is 340 g/mol. The molecule has 6 nitrogen and oxygen atoms in total. The van der Waals surface area contributed by atoms with Crippen LogP contribution < -0.4 is 5.14 Å². The average molecular weight is 341 g/mol. The van der Waals surface area contributed by atoms with Crippen molar-refractivity contribution in [2.24, 2.45) is 5.14 Å². The normalized spacial score (nSPS) is 11.3. The predicted molar refractivity (Wildman–Crippen MR) is 72.1 cm³/mol. The number of aryl methyl sites for hydroxylation is 1. The number of hydrogen-bond acceptors (Lipinski definition) is 4. The summed E-state index contributed by atoms with van der Waals surface area (Å²) in [6, 6.07) is 8.70.